The molecule has 0 aliphatic rings. The maximum Gasteiger partial charge on any atom is 0.302 e. The van der Waals surface area contributed by atoms with Gasteiger partial charge >= 0.3 is 5.97 Å². The maximum atomic E-state index is 9.59. The van der Waals surface area contributed by atoms with Gasteiger partial charge in [0.25, 0.3) is 0 Å². The molecule has 0 rings (SSSR count). The molecule has 0 radical (unpaired) electrons. The summed E-state index contributed by atoms with van der Waals surface area (Å²) >= 11 is 0. The van der Waals surface area contributed by atoms with Crippen LogP contribution in [0.25, 0.3) is 0 Å². The highest BCUT2D eigenvalue weighted by Crippen LogP contribution is 1.60. The van der Waals surface area contributed by atoms with E-state index in [1.165, 1.54) is 14.0 Å². The van der Waals surface area contributed by atoms with Crippen molar-refractivity contribution in [1.29, 1.82) is 5.41 Å². The number of hydrogen-bond acceptors (Lipinski definition) is 4. The SMILES string of the molecule is COC(C)=O.N.N=C(N)N. The highest BCUT2D eigenvalue weighted by atomic mass is 16.5. The minimum absolute atomic E-state index is 0. The summed E-state index contributed by atoms with van der Waals surface area (Å²) in [4.78, 5) is 9.59. The molecule has 0 saturated carbocycles. The normalized spacial score (nSPS) is 5.80. The summed E-state index contributed by atoms with van der Waals surface area (Å²) in [6.07, 6.45) is 0. The molecule has 6 nitrogen and oxygen atoms in total. The molecule has 0 atom stereocenters. The van der Waals surface area contributed by atoms with Gasteiger partial charge in [0.1, 0.15) is 0 Å². The van der Waals surface area contributed by atoms with Crippen molar-refractivity contribution in [1.82, 2.24) is 6.15 Å². The first kappa shape index (κ1) is 15.9. The molecule has 0 saturated heterocycles. The van der Waals surface area contributed by atoms with Crippen molar-refractivity contribution in [3.63, 3.8) is 0 Å². The Hall–Kier alpha value is -1.30. The molecule has 0 aromatic carbocycles. The summed E-state index contributed by atoms with van der Waals surface area (Å²) < 4.78 is 4.11. The number of carbonyl (C=O) groups is 1. The van der Waals surface area contributed by atoms with Crippen LogP contribution in [0.4, 0.5) is 0 Å². The minimum Gasteiger partial charge on any atom is -0.469 e. The number of methoxy groups -OCH3 is 1. The molecule has 0 unspecified atom stereocenters. The average Bonchev–Trinajstić information content (AvgIpc) is 1.65. The monoisotopic (exact) mass is 150 g/mol. The van der Waals surface area contributed by atoms with Crippen LogP contribution in [0.1, 0.15) is 6.92 Å². The van der Waals surface area contributed by atoms with Crippen LogP contribution in [0.15, 0.2) is 0 Å². The number of guanidine groups is 1. The summed E-state index contributed by atoms with van der Waals surface area (Å²) in [7, 11) is 1.35. The van der Waals surface area contributed by atoms with Gasteiger partial charge in [0.15, 0.2) is 5.96 Å². The van der Waals surface area contributed by atoms with E-state index in [9.17, 15) is 4.79 Å². The van der Waals surface area contributed by atoms with Crippen molar-refractivity contribution in [3.8, 4) is 0 Å². The van der Waals surface area contributed by atoms with Gasteiger partial charge in [0.2, 0.25) is 0 Å². The van der Waals surface area contributed by atoms with Crippen molar-refractivity contribution in [2.75, 3.05) is 7.11 Å². The second-order valence-electron chi connectivity index (χ2n) is 1.15. The fraction of sp³-hybridized carbons (Fsp3) is 0.500. The van der Waals surface area contributed by atoms with Crippen LogP contribution in [-0.2, 0) is 9.53 Å². The molecule has 0 aliphatic carbocycles. The number of carbonyl (C=O) groups excluding carboxylic acids is 1. The predicted octanol–water partition coefficient (Wildman–Crippen LogP) is -0.820. The average molecular weight is 150 g/mol. The first-order valence-corrected chi connectivity index (χ1v) is 2.14. The molecule has 0 fully saturated rings. The Bertz CT molecular complexity index is 99.4. The lowest BCUT2D eigenvalue weighted by Crippen LogP contribution is -2.20. The van der Waals surface area contributed by atoms with E-state index < -0.39 is 0 Å². The highest BCUT2D eigenvalue weighted by Gasteiger charge is 1.75. The Labute approximate surface area is 59.6 Å². The second kappa shape index (κ2) is 10.6. The number of nitrogens with one attached hydrogen (secondary N) is 1. The topological polar surface area (TPSA) is 137 Å². The van der Waals surface area contributed by atoms with E-state index in [2.05, 4.69) is 16.2 Å². The van der Waals surface area contributed by atoms with Gasteiger partial charge in [-0.2, -0.15) is 0 Å². The van der Waals surface area contributed by atoms with Gasteiger partial charge < -0.3 is 22.4 Å². The summed E-state index contributed by atoms with van der Waals surface area (Å²) in [6, 6.07) is 0. The van der Waals surface area contributed by atoms with Crippen LogP contribution >= 0.6 is 0 Å². The fourth-order valence-corrected chi connectivity index (χ4v) is 0. The standard InChI is InChI=1S/C3H6O2.CH5N3.H3N/c1-3(4)5-2;2-1(3)4;/h1-2H3;(H5,2,3,4);1H3. The molecular formula is C4H14N4O2. The first-order chi connectivity index (χ1) is 4.00. The lowest BCUT2D eigenvalue weighted by atomic mass is 10.8. The largest absolute Gasteiger partial charge is 0.469 e. The molecule has 8 N–H and O–H groups in total. The molecule has 10 heavy (non-hydrogen) atoms. The Morgan fingerprint density at radius 2 is 1.60 bits per heavy atom. The summed E-state index contributed by atoms with van der Waals surface area (Å²) in [5.74, 6) is -0.579. The molecular weight excluding hydrogens is 136 g/mol. The molecule has 0 spiro atoms. The van der Waals surface area contributed by atoms with E-state index in [0.717, 1.165) is 0 Å². The van der Waals surface area contributed by atoms with E-state index in [4.69, 9.17) is 5.41 Å². The van der Waals surface area contributed by atoms with Gasteiger partial charge in [-0.3, -0.25) is 10.2 Å². The van der Waals surface area contributed by atoms with Crippen molar-refractivity contribution < 1.29 is 9.53 Å². The van der Waals surface area contributed by atoms with Gasteiger partial charge in [-0.05, 0) is 0 Å². The number of nitrogens with two attached hydrogens (primary N) is 2. The van der Waals surface area contributed by atoms with Gasteiger partial charge in [-0.15, -0.1) is 0 Å². The molecule has 0 amide bonds. The molecule has 62 valence electrons. The van der Waals surface area contributed by atoms with Crippen molar-refractivity contribution >= 4 is 11.9 Å². The molecule has 0 aromatic rings. The summed E-state index contributed by atoms with van der Waals surface area (Å²) in [5.41, 5.74) is 8.94. The molecule has 0 heterocycles. The minimum atomic E-state index is -0.333. The number of hydrogen-bond donors (Lipinski definition) is 4. The van der Waals surface area contributed by atoms with E-state index in [0.29, 0.717) is 0 Å². The van der Waals surface area contributed by atoms with Crippen molar-refractivity contribution in [2.24, 2.45) is 11.5 Å². The molecule has 0 bridgehead atoms. The van der Waals surface area contributed by atoms with Crippen LogP contribution in [0, 0.1) is 5.41 Å². The number of ether oxygens (including phenoxy) is 1. The third kappa shape index (κ3) is 444. The quantitative estimate of drug-likeness (QED) is 0.203. The van der Waals surface area contributed by atoms with E-state index >= 15 is 0 Å². The Balaban J connectivity index is -0.0000000910. The van der Waals surface area contributed by atoms with Gasteiger partial charge in [-0.1, -0.05) is 0 Å². The van der Waals surface area contributed by atoms with Crippen LogP contribution in [0.2, 0.25) is 0 Å². The van der Waals surface area contributed by atoms with Crippen LogP contribution in [0.3, 0.4) is 0 Å². The Morgan fingerprint density at radius 3 is 1.60 bits per heavy atom. The van der Waals surface area contributed by atoms with Crippen LogP contribution in [-0.4, -0.2) is 19.0 Å². The Morgan fingerprint density at radius 1 is 1.50 bits per heavy atom. The van der Waals surface area contributed by atoms with Crippen LogP contribution in [0.5, 0.6) is 0 Å². The molecule has 6 heteroatoms. The lowest BCUT2D eigenvalue weighted by molar-refractivity contribution is -0.137. The zero-order valence-electron chi connectivity index (χ0n) is 6.18. The van der Waals surface area contributed by atoms with Gasteiger partial charge in [0, 0.05) is 6.92 Å². The Kier molecular flexibility index (Phi) is 16.9. The van der Waals surface area contributed by atoms with E-state index in [1.807, 2.05) is 0 Å². The van der Waals surface area contributed by atoms with E-state index in [-0.39, 0.29) is 18.1 Å². The first-order valence-electron chi connectivity index (χ1n) is 2.14. The zero-order valence-corrected chi connectivity index (χ0v) is 6.18. The summed E-state index contributed by atoms with van der Waals surface area (Å²) in [5, 5.41) is 6.06. The predicted molar refractivity (Wildman–Crippen MR) is 38.8 cm³/mol. The smallest absolute Gasteiger partial charge is 0.302 e. The van der Waals surface area contributed by atoms with Crippen molar-refractivity contribution in [2.45, 2.75) is 6.92 Å². The van der Waals surface area contributed by atoms with Gasteiger partial charge in [0.05, 0.1) is 7.11 Å². The van der Waals surface area contributed by atoms with E-state index in [1.54, 1.807) is 0 Å². The molecule has 0 aliphatic heterocycles. The second-order valence-corrected chi connectivity index (χ2v) is 1.15. The zero-order chi connectivity index (χ0) is 7.86. The highest BCUT2D eigenvalue weighted by molar-refractivity contribution is 5.71. The third-order valence-electron chi connectivity index (χ3n) is 0.287. The molecule has 0 aromatic heterocycles. The van der Waals surface area contributed by atoms with Crippen LogP contribution < -0.4 is 17.6 Å². The summed E-state index contributed by atoms with van der Waals surface area (Å²) in [6.45, 7) is 1.36. The lowest BCUT2D eigenvalue weighted by Gasteiger charge is -1.80. The maximum absolute atomic E-state index is 9.59. The number of esters is 1. The van der Waals surface area contributed by atoms with Gasteiger partial charge in [-0.25, -0.2) is 0 Å². The number of rotatable bonds is 0. The third-order valence-corrected chi connectivity index (χ3v) is 0.287. The van der Waals surface area contributed by atoms with Crippen molar-refractivity contribution in [3.05, 3.63) is 0 Å². The fourth-order valence-electron chi connectivity index (χ4n) is 0.